The first kappa shape index (κ1) is 7.73. The zero-order valence-corrected chi connectivity index (χ0v) is 7.27. The van der Waals surface area contributed by atoms with Crippen molar-refractivity contribution in [3.63, 3.8) is 0 Å². The van der Waals surface area contributed by atoms with Crippen LogP contribution in [0.2, 0.25) is 0 Å². The Bertz CT molecular complexity index is 195. The summed E-state index contributed by atoms with van der Waals surface area (Å²) in [5.74, 6) is 2.58. The number of nitrogens with two attached hydrogens (primary N) is 1. The molecule has 0 atom stereocenters. The largest absolute Gasteiger partial charge is 0.372 e. The molecule has 0 fully saturated rings. The van der Waals surface area contributed by atoms with Crippen molar-refractivity contribution in [3.8, 4) is 0 Å². The Labute approximate surface area is 72.2 Å². The molecule has 0 bridgehead atoms. The van der Waals surface area contributed by atoms with Crippen molar-refractivity contribution in [1.29, 1.82) is 0 Å². The number of quaternary nitrogens is 1. The molecule has 0 aromatic rings. The highest BCUT2D eigenvalue weighted by Crippen LogP contribution is 1.93. The van der Waals surface area contributed by atoms with Crippen LogP contribution in [0.25, 0.3) is 0 Å². The first-order valence-corrected chi connectivity index (χ1v) is 4.65. The quantitative estimate of drug-likeness (QED) is 0.409. The Morgan fingerprint density at radius 1 is 1.50 bits per heavy atom. The summed E-state index contributed by atoms with van der Waals surface area (Å²) < 4.78 is 0. The summed E-state index contributed by atoms with van der Waals surface area (Å²) in [6.07, 6.45) is 2.19. The first-order valence-electron chi connectivity index (χ1n) is 4.65. The minimum Gasteiger partial charge on any atom is -0.372 e. The maximum absolute atomic E-state index is 4.35. The van der Waals surface area contributed by atoms with E-state index >= 15 is 0 Å². The fourth-order valence-electron chi connectivity index (χ4n) is 1.61. The SMILES string of the molecule is C1CNC(CCC2=[NH+]CC[NH2+]2)=N1. The van der Waals surface area contributed by atoms with E-state index in [4.69, 9.17) is 0 Å². The average Bonchev–Trinajstić information content (AvgIpc) is 2.74. The lowest BCUT2D eigenvalue weighted by Crippen LogP contribution is -2.90. The molecule has 2 heterocycles. The van der Waals surface area contributed by atoms with Crippen molar-refractivity contribution in [1.82, 2.24) is 5.32 Å². The number of aliphatic imine (C=N–C) groups is 1. The molecule has 2 aliphatic heterocycles. The third-order valence-corrected chi connectivity index (χ3v) is 2.26. The van der Waals surface area contributed by atoms with Gasteiger partial charge in [0.25, 0.3) is 0 Å². The molecule has 0 aromatic carbocycles. The Balaban J connectivity index is 1.74. The fourth-order valence-corrected chi connectivity index (χ4v) is 1.61. The predicted molar refractivity (Wildman–Crippen MR) is 47.2 cm³/mol. The van der Waals surface area contributed by atoms with Crippen LogP contribution in [0, 0.1) is 0 Å². The molecule has 0 saturated carbocycles. The Morgan fingerprint density at radius 3 is 3.17 bits per heavy atom. The van der Waals surface area contributed by atoms with E-state index in [1.54, 1.807) is 0 Å². The van der Waals surface area contributed by atoms with Crippen molar-refractivity contribution >= 4 is 11.7 Å². The van der Waals surface area contributed by atoms with Crippen LogP contribution in [0.5, 0.6) is 0 Å². The molecule has 2 aliphatic rings. The van der Waals surface area contributed by atoms with E-state index in [1.807, 2.05) is 0 Å². The fraction of sp³-hybridized carbons (Fsp3) is 0.750. The Hall–Kier alpha value is -0.900. The zero-order valence-electron chi connectivity index (χ0n) is 7.27. The highest BCUT2D eigenvalue weighted by Gasteiger charge is 2.18. The number of nitrogens with one attached hydrogen (secondary N) is 2. The van der Waals surface area contributed by atoms with Gasteiger partial charge in [-0.3, -0.25) is 10.3 Å². The number of hydrogen-bond donors (Lipinski definition) is 3. The third-order valence-electron chi connectivity index (χ3n) is 2.26. The molecule has 0 unspecified atom stereocenters. The van der Waals surface area contributed by atoms with Crippen molar-refractivity contribution < 1.29 is 10.3 Å². The van der Waals surface area contributed by atoms with Gasteiger partial charge in [-0.1, -0.05) is 0 Å². The lowest BCUT2D eigenvalue weighted by molar-refractivity contribution is -0.539. The molecule has 0 amide bonds. The topological polar surface area (TPSA) is 55.0 Å². The summed E-state index contributed by atoms with van der Waals surface area (Å²) in [7, 11) is 0. The first-order chi connectivity index (χ1) is 5.95. The Kier molecular flexibility index (Phi) is 2.36. The summed E-state index contributed by atoms with van der Waals surface area (Å²) in [6, 6.07) is 0. The lowest BCUT2D eigenvalue weighted by Gasteiger charge is -1.96. The van der Waals surface area contributed by atoms with Gasteiger partial charge in [-0.25, -0.2) is 0 Å². The van der Waals surface area contributed by atoms with Crippen molar-refractivity contribution in [2.24, 2.45) is 4.99 Å². The van der Waals surface area contributed by atoms with Gasteiger partial charge >= 0.3 is 5.84 Å². The number of hydrogen-bond acceptors (Lipinski definition) is 2. The molecule has 4 N–H and O–H groups in total. The monoisotopic (exact) mass is 168 g/mol. The van der Waals surface area contributed by atoms with Gasteiger partial charge in [0.2, 0.25) is 0 Å². The van der Waals surface area contributed by atoms with Crippen LogP contribution in [0.3, 0.4) is 0 Å². The number of rotatable bonds is 3. The van der Waals surface area contributed by atoms with Crippen molar-refractivity contribution in [3.05, 3.63) is 0 Å². The van der Waals surface area contributed by atoms with Crippen LogP contribution in [0.1, 0.15) is 12.8 Å². The summed E-state index contributed by atoms with van der Waals surface area (Å²) in [4.78, 5) is 7.71. The van der Waals surface area contributed by atoms with Crippen molar-refractivity contribution in [2.75, 3.05) is 26.2 Å². The van der Waals surface area contributed by atoms with Crippen LogP contribution in [0.4, 0.5) is 0 Å². The van der Waals surface area contributed by atoms with Crippen LogP contribution in [-0.2, 0) is 0 Å². The molecule has 2 rings (SSSR count). The second kappa shape index (κ2) is 3.67. The summed E-state index contributed by atoms with van der Waals surface area (Å²) in [5.41, 5.74) is 0. The second-order valence-corrected chi connectivity index (χ2v) is 3.20. The lowest BCUT2D eigenvalue weighted by atomic mass is 10.3. The minimum atomic E-state index is 0.960. The van der Waals surface area contributed by atoms with Gasteiger partial charge in [0.05, 0.1) is 18.8 Å². The van der Waals surface area contributed by atoms with Crippen LogP contribution < -0.4 is 15.6 Å². The van der Waals surface area contributed by atoms with Gasteiger partial charge in [-0.05, 0) is 0 Å². The maximum Gasteiger partial charge on any atom is 0.334 e. The molecule has 0 aromatic heterocycles. The highest BCUT2D eigenvalue weighted by atomic mass is 15.1. The van der Waals surface area contributed by atoms with Crippen LogP contribution in [0.15, 0.2) is 4.99 Å². The molecule has 66 valence electrons. The maximum atomic E-state index is 4.35. The molecule has 4 nitrogen and oxygen atoms in total. The molecule has 0 aliphatic carbocycles. The molecule has 0 saturated heterocycles. The molecule has 12 heavy (non-hydrogen) atoms. The third kappa shape index (κ3) is 1.82. The Morgan fingerprint density at radius 2 is 2.50 bits per heavy atom. The summed E-state index contributed by atoms with van der Waals surface area (Å²) in [6.45, 7) is 4.30. The van der Waals surface area contributed by atoms with E-state index in [-0.39, 0.29) is 0 Å². The van der Waals surface area contributed by atoms with E-state index in [0.717, 1.165) is 32.5 Å². The summed E-state index contributed by atoms with van der Waals surface area (Å²) >= 11 is 0. The number of amidine groups is 2. The van der Waals surface area contributed by atoms with E-state index in [2.05, 4.69) is 20.6 Å². The standard InChI is InChI=1S/C8H14N4/c1(7-9-3-4-10-7)2-8-11-5-6-12-8/h1-6H2,(H,9,10)(H,11,12)/p+2. The van der Waals surface area contributed by atoms with E-state index < -0.39 is 0 Å². The average molecular weight is 168 g/mol. The van der Waals surface area contributed by atoms with Crippen molar-refractivity contribution in [2.45, 2.75) is 12.8 Å². The van der Waals surface area contributed by atoms with E-state index in [1.165, 1.54) is 18.2 Å². The predicted octanol–water partition coefficient (Wildman–Crippen LogP) is -3.18. The van der Waals surface area contributed by atoms with E-state index in [0.29, 0.717) is 0 Å². The molecule has 0 spiro atoms. The molecular weight excluding hydrogens is 152 g/mol. The molecule has 0 radical (unpaired) electrons. The minimum absolute atomic E-state index is 0.960. The van der Waals surface area contributed by atoms with Crippen LogP contribution >= 0.6 is 0 Å². The van der Waals surface area contributed by atoms with Gasteiger partial charge in [0.1, 0.15) is 6.54 Å². The second-order valence-electron chi connectivity index (χ2n) is 3.20. The van der Waals surface area contributed by atoms with Gasteiger partial charge in [0.15, 0.2) is 6.54 Å². The highest BCUT2D eigenvalue weighted by molar-refractivity contribution is 5.86. The number of nitrogens with zero attached hydrogens (tertiary/aromatic N) is 1. The van der Waals surface area contributed by atoms with Gasteiger partial charge < -0.3 is 5.32 Å². The molecule has 4 heteroatoms. The van der Waals surface area contributed by atoms with Gasteiger partial charge in [0, 0.05) is 13.0 Å². The van der Waals surface area contributed by atoms with E-state index in [9.17, 15) is 0 Å². The van der Waals surface area contributed by atoms with Crippen LogP contribution in [-0.4, -0.2) is 37.9 Å². The normalized spacial score (nSPS) is 22.0. The van der Waals surface area contributed by atoms with Gasteiger partial charge in [-0.15, -0.1) is 0 Å². The zero-order chi connectivity index (χ0) is 8.23. The molecular formula is C8H16N4+2. The summed E-state index contributed by atoms with van der Waals surface area (Å²) in [5, 5.41) is 5.56. The van der Waals surface area contributed by atoms with Gasteiger partial charge in [-0.2, -0.15) is 4.99 Å². The smallest absolute Gasteiger partial charge is 0.334 e.